The molecule has 0 saturated heterocycles. The lowest BCUT2D eigenvalue weighted by atomic mass is 10.1. The van der Waals surface area contributed by atoms with E-state index >= 15 is 0 Å². The molecule has 1 atom stereocenters. The third kappa shape index (κ3) is 6.08. The summed E-state index contributed by atoms with van der Waals surface area (Å²) >= 11 is 0. The highest BCUT2D eigenvalue weighted by Gasteiger charge is 2.17. The Bertz CT molecular complexity index is 700. The number of carboxylic acids is 1. The first kappa shape index (κ1) is 19.8. The van der Waals surface area contributed by atoms with Crippen molar-refractivity contribution in [2.45, 2.75) is 32.9 Å². The predicted molar refractivity (Wildman–Crippen MR) is 102 cm³/mol. The molecule has 26 heavy (non-hydrogen) atoms. The lowest BCUT2D eigenvalue weighted by Gasteiger charge is -2.17. The zero-order chi connectivity index (χ0) is 18.9. The van der Waals surface area contributed by atoms with Crippen molar-refractivity contribution in [2.75, 3.05) is 13.7 Å². The summed E-state index contributed by atoms with van der Waals surface area (Å²) in [6, 6.07) is 14.6. The average Bonchev–Trinajstić information content (AvgIpc) is 2.64. The van der Waals surface area contributed by atoms with Crippen LogP contribution in [0, 0.1) is 5.92 Å². The highest BCUT2D eigenvalue weighted by Crippen LogP contribution is 2.28. The summed E-state index contributed by atoms with van der Waals surface area (Å²) in [6.45, 7) is 5.20. The Morgan fingerprint density at radius 2 is 1.81 bits per heavy atom. The largest absolute Gasteiger partial charge is 0.493 e. The number of methoxy groups -OCH3 is 1. The van der Waals surface area contributed by atoms with Gasteiger partial charge in [0.2, 0.25) is 0 Å². The summed E-state index contributed by atoms with van der Waals surface area (Å²) in [5.41, 5.74) is 1.94. The Balaban J connectivity index is 2.03. The van der Waals surface area contributed by atoms with Gasteiger partial charge < -0.3 is 19.9 Å². The van der Waals surface area contributed by atoms with Crippen LogP contribution in [0.4, 0.5) is 0 Å². The molecule has 2 rings (SSSR count). The van der Waals surface area contributed by atoms with Gasteiger partial charge in [0.25, 0.3) is 0 Å². The van der Waals surface area contributed by atoms with Gasteiger partial charge in [-0.3, -0.25) is 4.79 Å². The topological polar surface area (TPSA) is 67.8 Å². The Hall–Kier alpha value is -2.53. The van der Waals surface area contributed by atoms with Crippen molar-refractivity contribution < 1.29 is 19.4 Å². The number of carboxylic acid groups (broad SMARTS) is 1. The van der Waals surface area contributed by atoms with Gasteiger partial charge in [0.05, 0.1) is 13.7 Å². The first-order valence-corrected chi connectivity index (χ1v) is 8.79. The summed E-state index contributed by atoms with van der Waals surface area (Å²) < 4.78 is 11.1. The fraction of sp³-hybridized carbons (Fsp3) is 0.381. The second kappa shape index (κ2) is 9.82. The molecule has 5 nitrogen and oxygen atoms in total. The molecule has 0 amide bonds. The molecule has 0 radical (unpaired) electrons. The fourth-order valence-electron chi connectivity index (χ4n) is 2.54. The summed E-state index contributed by atoms with van der Waals surface area (Å²) in [6.07, 6.45) is 0.434. The third-order valence-electron chi connectivity index (χ3n) is 3.93. The number of benzene rings is 2. The number of nitrogens with one attached hydrogen (secondary N) is 1. The standard InChI is InChI=1S/C21H27NO4/c1-15(2)14-26-20-12-17(9-10-19(20)25-3)13-22-18(21(23)24)11-16-7-5-4-6-8-16/h4-10,12,15,18,22H,11,13-14H2,1-3H3,(H,23,24). The van der Waals surface area contributed by atoms with E-state index in [1.54, 1.807) is 7.11 Å². The van der Waals surface area contributed by atoms with Crippen LogP contribution in [0.5, 0.6) is 11.5 Å². The molecular formula is C21H27NO4. The van der Waals surface area contributed by atoms with Crippen LogP contribution in [-0.4, -0.2) is 30.8 Å². The second-order valence-electron chi connectivity index (χ2n) is 6.65. The van der Waals surface area contributed by atoms with E-state index in [9.17, 15) is 9.90 Å². The maximum Gasteiger partial charge on any atom is 0.321 e. The Kier molecular flexibility index (Phi) is 7.48. The highest BCUT2D eigenvalue weighted by atomic mass is 16.5. The fourth-order valence-corrected chi connectivity index (χ4v) is 2.54. The SMILES string of the molecule is COc1ccc(CNC(Cc2ccccc2)C(=O)O)cc1OCC(C)C. The predicted octanol–water partition coefficient (Wildman–Crippen LogP) is 3.52. The van der Waals surface area contributed by atoms with Gasteiger partial charge in [-0.1, -0.05) is 50.2 Å². The maximum absolute atomic E-state index is 11.6. The number of hydrogen-bond donors (Lipinski definition) is 2. The average molecular weight is 357 g/mol. The summed E-state index contributed by atoms with van der Waals surface area (Å²) in [7, 11) is 1.61. The van der Waals surface area contributed by atoms with Crippen LogP contribution in [0.1, 0.15) is 25.0 Å². The lowest BCUT2D eigenvalue weighted by Crippen LogP contribution is -2.38. The van der Waals surface area contributed by atoms with E-state index in [1.807, 2.05) is 48.5 Å². The summed E-state index contributed by atoms with van der Waals surface area (Å²) in [5, 5.41) is 12.6. The van der Waals surface area contributed by atoms with Gasteiger partial charge in [0.1, 0.15) is 6.04 Å². The molecule has 0 aliphatic carbocycles. The van der Waals surface area contributed by atoms with Crippen molar-refractivity contribution in [2.24, 2.45) is 5.92 Å². The van der Waals surface area contributed by atoms with Crippen molar-refractivity contribution in [1.82, 2.24) is 5.32 Å². The molecule has 0 aromatic heterocycles. The van der Waals surface area contributed by atoms with Gasteiger partial charge in [-0.05, 0) is 35.6 Å². The molecular weight excluding hydrogens is 330 g/mol. The molecule has 0 heterocycles. The molecule has 1 unspecified atom stereocenters. The van der Waals surface area contributed by atoms with Gasteiger partial charge in [0.15, 0.2) is 11.5 Å². The molecule has 0 aliphatic rings. The van der Waals surface area contributed by atoms with E-state index in [0.717, 1.165) is 11.1 Å². The van der Waals surface area contributed by atoms with Crippen LogP contribution in [0.25, 0.3) is 0 Å². The van der Waals surface area contributed by atoms with E-state index < -0.39 is 12.0 Å². The molecule has 0 aliphatic heterocycles. The number of aliphatic carboxylic acids is 1. The number of rotatable bonds is 10. The number of hydrogen-bond acceptors (Lipinski definition) is 4. The van der Waals surface area contributed by atoms with Crippen LogP contribution in [0.3, 0.4) is 0 Å². The third-order valence-corrected chi connectivity index (χ3v) is 3.93. The first-order valence-electron chi connectivity index (χ1n) is 8.79. The van der Waals surface area contributed by atoms with E-state index in [0.29, 0.717) is 37.0 Å². The van der Waals surface area contributed by atoms with Crippen LogP contribution in [0.15, 0.2) is 48.5 Å². The van der Waals surface area contributed by atoms with Crippen LogP contribution in [0.2, 0.25) is 0 Å². The molecule has 0 spiro atoms. The van der Waals surface area contributed by atoms with E-state index in [1.165, 1.54) is 0 Å². The summed E-state index contributed by atoms with van der Waals surface area (Å²) in [5.74, 6) is 0.895. The molecule has 0 bridgehead atoms. The van der Waals surface area contributed by atoms with Gasteiger partial charge in [-0.15, -0.1) is 0 Å². The van der Waals surface area contributed by atoms with Gasteiger partial charge in [-0.25, -0.2) is 0 Å². The Morgan fingerprint density at radius 1 is 1.08 bits per heavy atom. The molecule has 140 valence electrons. The summed E-state index contributed by atoms with van der Waals surface area (Å²) in [4.78, 5) is 11.6. The number of ether oxygens (including phenoxy) is 2. The molecule has 2 N–H and O–H groups in total. The smallest absolute Gasteiger partial charge is 0.321 e. The molecule has 5 heteroatoms. The van der Waals surface area contributed by atoms with E-state index in [-0.39, 0.29) is 0 Å². The van der Waals surface area contributed by atoms with E-state index in [4.69, 9.17) is 9.47 Å². The number of carbonyl (C=O) groups is 1. The molecule has 2 aromatic carbocycles. The Labute approximate surface area is 155 Å². The van der Waals surface area contributed by atoms with Gasteiger partial charge in [0, 0.05) is 6.54 Å². The Morgan fingerprint density at radius 3 is 2.42 bits per heavy atom. The minimum absolute atomic E-state index is 0.406. The minimum atomic E-state index is -0.862. The highest BCUT2D eigenvalue weighted by molar-refractivity contribution is 5.73. The van der Waals surface area contributed by atoms with Crippen molar-refractivity contribution in [3.63, 3.8) is 0 Å². The zero-order valence-corrected chi connectivity index (χ0v) is 15.6. The molecule has 0 fully saturated rings. The van der Waals surface area contributed by atoms with Crippen molar-refractivity contribution in [1.29, 1.82) is 0 Å². The minimum Gasteiger partial charge on any atom is -0.493 e. The normalized spacial score (nSPS) is 12.0. The lowest BCUT2D eigenvalue weighted by molar-refractivity contribution is -0.139. The first-order chi connectivity index (χ1) is 12.5. The van der Waals surface area contributed by atoms with Crippen molar-refractivity contribution in [3.05, 3.63) is 59.7 Å². The van der Waals surface area contributed by atoms with E-state index in [2.05, 4.69) is 19.2 Å². The molecule has 0 saturated carbocycles. The van der Waals surface area contributed by atoms with Crippen LogP contribution in [-0.2, 0) is 17.8 Å². The quantitative estimate of drug-likeness (QED) is 0.681. The van der Waals surface area contributed by atoms with Gasteiger partial charge in [-0.2, -0.15) is 0 Å². The van der Waals surface area contributed by atoms with Crippen molar-refractivity contribution in [3.8, 4) is 11.5 Å². The maximum atomic E-state index is 11.6. The molecule has 2 aromatic rings. The van der Waals surface area contributed by atoms with Crippen molar-refractivity contribution >= 4 is 5.97 Å². The van der Waals surface area contributed by atoms with Gasteiger partial charge >= 0.3 is 5.97 Å². The monoisotopic (exact) mass is 357 g/mol. The van der Waals surface area contributed by atoms with Crippen LogP contribution < -0.4 is 14.8 Å². The van der Waals surface area contributed by atoms with Crippen LogP contribution >= 0.6 is 0 Å². The second-order valence-corrected chi connectivity index (χ2v) is 6.65. The zero-order valence-electron chi connectivity index (χ0n) is 15.6.